The summed E-state index contributed by atoms with van der Waals surface area (Å²) in [5, 5.41) is 4.54. The topological polar surface area (TPSA) is 43.8 Å². The Hall–Kier alpha value is -0.900. The Morgan fingerprint density at radius 3 is 2.53 bits per heavy atom. The van der Waals surface area contributed by atoms with Crippen LogP contribution in [0.5, 0.6) is 0 Å². The standard InChI is InChI=1S/C11H19N3S/c1-4-8-7-9(5-2)14(13-8)10(6-3)11(12)15/h7,10H,4-6H2,1-3H3,(H2,12,15). The van der Waals surface area contributed by atoms with Gasteiger partial charge in [-0.3, -0.25) is 4.68 Å². The second kappa shape index (κ2) is 5.26. The van der Waals surface area contributed by atoms with E-state index in [0.717, 1.165) is 25.0 Å². The second-order valence-electron chi connectivity index (χ2n) is 3.61. The van der Waals surface area contributed by atoms with Crippen molar-refractivity contribution < 1.29 is 0 Å². The molecule has 1 rings (SSSR count). The molecule has 0 aromatic carbocycles. The average Bonchev–Trinajstić information content (AvgIpc) is 2.61. The number of hydrogen-bond acceptors (Lipinski definition) is 2. The number of nitrogens with zero attached hydrogens (tertiary/aromatic N) is 2. The predicted octanol–water partition coefficient (Wildman–Crippen LogP) is 2.25. The van der Waals surface area contributed by atoms with Crippen molar-refractivity contribution in [3.05, 3.63) is 17.5 Å². The lowest BCUT2D eigenvalue weighted by Gasteiger charge is -2.16. The van der Waals surface area contributed by atoms with Crippen LogP contribution in [0.2, 0.25) is 0 Å². The smallest absolute Gasteiger partial charge is 0.102 e. The van der Waals surface area contributed by atoms with Gasteiger partial charge in [0.25, 0.3) is 0 Å². The molecule has 2 N–H and O–H groups in total. The summed E-state index contributed by atoms with van der Waals surface area (Å²) in [7, 11) is 0. The average molecular weight is 225 g/mol. The maximum atomic E-state index is 5.72. The van der Waals surface area contributed by atoms with Crippen molar-refractivity contribution in [1.29, 1.82) is 0 Å². The molecule has 1 atom stereocenters. The molecule has 1 heterocycles. The van der Waals surface area contributed by atoms with Crippen molar-refractivity contribution in [1.82, 2.24) is 9.78 Å². The monoisotopic (exact) mass is 225 g/mol. The lowest BCUT2D eigenvalue weighted by molar-refractivity contribution is 0.528. The maximum Gasteiger partial charge on any atom is 0.102 e. The highest BCUT2D eigenvalue weighted by Gasteiger charge is 2.16. The van der Waals surface area contributed by atoms with E-state index >= 15 is 0 Å². The molecule has 0 amide bonds. The molecule has 0 saturated heterocycles. The summed E-state index contributed by atoms with van der Waals surface area (Å²) in [6, 6.07) is 2.20. The van der Waals surface area contributed by atoms with Gasteiger partial charge in [0.05, 0.1) is 10.7 Å². The number of nitrogens with two attached hydrogens (primary N) is 1. The molecule has 0 fully saturated rings. The van der Waals surface area contributed by atoms with E-state index < -0.39 is 0 Å². The lowest BCUT2D eigenvalue weighted by Crippen LogP contribution is -2.26. The van der Waals surface area contributed by atoms with Gasteiger partial charge in [-0.25, -0.2) is 0 Å². The molecule has 1 unspecified atom stereocenters. The Bertz CT molecular complexity index is 344. The van der Waals surface area contributed by atoms with Crippen molar-refractivity contribution >= 4 is 17.2 Å². The fraction of sp³-hybridized carbons (Fsp3) is 0.636. The Kier molecular flexibility index (Phi) is 4.27. The minimum Gasteiger partial charge on any atom is -0.392 e. The summed E-state index contributed by atoms with van der Waals surface area (Å²) in [6.07, 6.45) is 2.81. The largest absolute Gasteiger partial charge is 0.392 e. The summed E-state index contributed by atoms with van der Waals surface area (Å²) >= 11 is 5.07. The molecule has 0 spiro atoms. The number of thiocarbonyl (C=S) groups is 1. The van der Waals surface area contributed by atoms with Gasteiger partial charge in [0.2, 0.25) is 0 Å². The maximum absolute atomic E-state index is 5.72. The number of hydrogen-bond donors (Lipinski definition) is 1. The van der Waals surface area contributed by atoms with Gasteiger partial charge in [0.15, 0.2) is 0 Å². The van der Waals surface area contributed by atoms with Crippen LogP contribution in [0.15, 0.2) is 6.07 Å². The van der Waals surface area contributed by atoms with E-state index in [2.05, 4.69) is 31.9 Å². The van der Waals surface area contributed by atoms with Crippen LogP contribution in [0.3, 0.4) is 0 Å². The highest BCUT2D eigenvalue weighted by atomic mass is 32.1. The number of aromatic nitrogens is 2. The highest BCUT2D eigenvalue weighted by Crippen LogP contribution is 2.16. The molecule has 0 aliphatic rings. The van der Waals surface area contributed by atoms with Gasteiger partial charge in [-0.15, -0.1) is 0 Å². The normalized spacial score (nSPS) is 12.7. The van der Waals surface area contributed by atoms with Crippen LogP contribution in [0.25, 0.3) is 0 Å². The quantitative estimate of drug-likeness (QED) is 0.782. The third-order valence-corrected chi connectivity index (χ3v) is 2.87. The van der Waals surface area contributed by atoms with Crippen LogP contribution in [-0.4, -0.2) is 14.8 Å². The zero-order chi connectivity index (χ0) is 11.4. The molecule has 0 radical (unpaired) electrons. The van der Waals surface area contributed by atoms with Gasteiger partial charge in [0.1, 0.15) is 6.04 Å². The molecule has 0 saturated carbocycles. The van der Waals surface area contributed by atoms with E-state index in [-0.39, 0.29) is 6.04 Å². The molecule has 0 aliphatic carbocycles. The molecule has 1 aromatic rings. The van der Waals surface area contributed by atoms with E-state index in [1.807, 2.05) is 4.68 Å². The molecular formula is C11H19N3S. The van der Waals surface area contributed by atoms with E-state index in [1.165, 1.54) is 5.69 Å². The van der Waals surface area contributed by atoms with Crippen molar-refractivity contribution in [2.24, 2.45) is 5.73 Å². The molecule has 0 bridgehead atoms. The van der Waals surface area contributed by atoms with Crippen LogP contribution in [0.1, 0.15) is 44.6 Å². The van der Waals surface area contributed by atoms with Gasteiger partial charge < -0.3 is 5.73 Å². The first-order valence-corrected chi connectivity index (χ1v) is 5.91. The summed E-state index contributed by atoms with van der Waals surface area (Å²) in [4.78, 5) is 0.526. The van der Waals surface area contributed by atoms with Crippen LogP contribution in [-0.2, 0) is 12.8 Å². The van der Waals surface area contributed by atoms with Crippen molar-refractivity contribution in [3.63, 3.8) is 0 Å². The summed E-state index contributed by atoms with van der Waals surface area (Å²) in [5.41, 5.74) is 8.05. The number of aryl methyl sites for hydroxylation is 2. The third kappa shape index (κ3) is 2.56. The van der Waals surface area contributed by atoms with Crippen molar-refractivity contribution in [3.8, 4) is 0 Å². The molecule has 4 heteroatoms. The highest BCUT2D eigenvalue weighted by molar-refractivity contribution is 7.80. The first-order chi connectivity index (χ1) is 7.13. The minimum absolute atomic E-state index is 0.0650. The van der Waals surface area contributed by atoms with Crippen LogP contribution < -0.4 is 5.73 Å². The van der Waals surface area contributed by atoms with Gasteiger partial charge >= 0.3 is 0 Å². The fourth-order valence-corrected chi connectivity index (χ4v) is 1.96. The molecule has 1 aromatic heterocycles. The second-order valence-corrected chi connectivity index (χ2v) is 4.08. The molecule has 15 heavy (non-hydrogen) atoms. The van der Waals surface area contributed by atoms with E-state index in [9.17, 15) is 0 Å². The minimum atomic E-state index is 0.0650. The summed E-state index contributed by atoms with van der Waals surface area (Å²) in [5.74, 6) is 0. The SMILES string of the molecule is CCc1cc(CC)n(C(CC)C(N)=S)n1. The molecule has 0 aliphatic heterocycles. The Balaban J connectivity index is 3.09. The Morgan fingerprint density at radius 2 is 2.13 bits per heavy atom. The fourth-order valence-electron chi connectivity index (χ4n) is 1.69. The van der Waals surface area contributed by atoms with Crippen LogP contribution in [0.4, 0.5) is 0 Å². The van der Waals surface area contributed by atoms with Crippen molar-refractivity contribution in [2.45, 2.75) is 46.1 Å². The van der Waals surface area contributed by atoms with E-state index in [0.29, 0.717) is 4.99 Å². The van der Waals surface area contributed by atoms with Gasteiger partial charge in [-0.1, -0.05) is 33.0 Å². The first-order valence-electron chi connectivity index (χ1n) is 5.50. The zero-order valence-electron chi connectivity index (χ0n) is 9.66. The van der Waals surface area contributed by atoms with Crippen LogP contribution >= 0.6 is 12.2 Å². The van der Waals surface area contributed by atoms with Crippen LogP contribution in [0, 0.1) is 0 Å². The molecule has 3 nitrogen and oxygen atoms in total. The first kappa shape index (κ1) is 12.2. The predicted molar refractivity (Wildman–Crippen MR) is 67.1 cm³/mol. The molecule has 84 valence electrons. The van der Waals surface area contributed by atoms with Gasteiger partial charge in [-0.05, 0) is 25.3 Å². The van der Waals surface area contributed by atoms with Gasteiger partial charge in [-0.2, -0.15) is 5.10 Å². The third-order valence-electron chi connectivity index (χ3n) is 2.60. The van der Waals surface area contributed by atoms with E-state index in [4.69, 9.17) is 18.0 Å². The van der Waals surface area contributed by atoms with Crippen molar-refractivity contribution in [2.75, 3.05) is 0 Å². The summed E-state index contributed by atoms with van der Waals surface area (Å²) < 4.78 is 1.99. The number of rotatable bonds is 5. The van der Waals surface area contributed by atoms with Gasteiger partial charge in [0, 0.05) is 5.69 Å². The molecular weight excluding hydrogens is 206 g/mol. The summed E-state index contributed by atoms with van der Waals surface area (Å²) in [6.45, 7) is 6.31. The zero-order valence-corrected chi connectivity index (χ0v) is 10.5. The van der Waals surface area contributed by atoms with E-state index in [1.54, 1.807) is 0 Å². The Labute approximate surface area is 96.7 Å². The lowest BCUT2D eigenvalue weighted by atomic mass is 10.2. The Morgan fingerprint density at radius 1 is 1.47 bits per heavy atom.